The maximum absolute atomic E-state index is 5.23. The molecule has 0 aliphatic carbocycles. The summed E-state index contributed by atoms with van der Waals surface area (Å²) in [6.07, 6.45) is 0. The number of hydrogen-bond acceptors (Lipinski definition) is 2. The lowest BCUT2D eigenvalue weighted by Crippen LogP contribution is -2.25. The molecular formula is C11H17NO. The Kier molecular flexibility index (Phi) is 2.74. The molecule has 1 aromatic rings. The van der Waals surface area contributed by atoms with E-state index in [9.17, 15) is 0 Å². The Morgan fingerprint density at radius 3 is 2.23 bits per heavy atom. The topological polar surface area (TPSA) is 35.2 Å². The van der Waals surface area contributed by atoms with Crippen molar-refractivity contribution in [2.24, 2.45) is 5.90 Å². The predicted molar refractivity (Wildman–Crippen MR) is 54.2 cm³/mol. The van der Waals surface area contributed by atoms with Gasteiger partial charge in [-0.2, -0.15) is 0 Å². The highest BCUT2D eigenvalue weighted by atomic mass is 16.6. The zero-order chi connectivity index (χ0) is 10.1. The molecule has 0 radical (unpaired) electrons. The SMILES string of the molecule is Cc1ccc(C(C)(C)ON)cc1C. The van der Waals surface area contributed by atoms with Crippen molar-refractivity contribution in [3.8, 4) is 0 Å². The van der Waals surface area contributed by atoms with E-state index >= 15 is 0 Å². The Balaban J connectivity index is 3.10. The third-order valence-corrected chi connectivity index (χ3v) is 2.50. The van der Waals surface area contributed by atoms with Crippen LogP contribution in [-0.2, 0) is 10.4 Å². The van der Waals surface area contributed by atoms with Gasteiger partial charge in [-0.15, -0.1) is 0 Å². The van der Waals surface area contributed by atoms with Gasteiger partial charge in [-0.05, 0) is 44.4 Å². The van der Waals surface area contributed by atoms with E-state index in [4.69, 9.17) is 10.7 Å². The number of rotatable bonds is 2. The fraction of sp³-hybridized carbons (Fsp3) is 0.455. The molecule has 0 aromatic heterocycles. The van der Waals surface area contributed by atoms with Gasteiger partial charge >= 0.3 is 0 Å². The summed E-state index contributed by atoms with van der Waals surface area (Å²) in [4.78, 5) is 4.92. The minimum absolute atomic E-state index is 0.404. The van der Waals surface area contributed by atoms with Gasteiger partial charge in [0, 0.05) is 0 Å². The highest BCUT2D eigenvalue weighted by Crippen LogP contribution is 2.24. The zero-order valence-corrected chi connectivity index (χ0v) is 8.72. The molecule has 0 spiro atoms. The first kappa shape index (κ1) is 10.2. The summed E-state index contributed by atoms with van der Waals surface area (Å²) in [5, 5.41) is 0. The van der Waals surface area contributed by atoms with E-state index in [2.05, 4.69) is 32.0 Å². The fourth-order valence-electron chi connectivity index (χ4n) is 1.18. The average molecular weight is 179 g/mol. The molecule has 0 saturated heterocycles. The Hall–Kier alpha value is -0.860. The van der Waals surface area contributed by atoms with Crippen molar-refractivity contribution in [1.82, 2.24) is 0 Å². The molecule has 0 fully saturated rings. The van der Waals surface area contributed by atoms with Crippen LogP contribution in [0.15, 0.2) is 18.2 Å². The average Bonchev–Trinajstić information content (AvgIpc) is 2.09. The van der Waals surface area contributed by atoms with Gasteiger partial charge in [0.2, 0.25) is 0 Å². The molecule has 0 atom stereocenters. The summed E-state index contributed by atoms with van der Waals surface area (Å²) in [5.74, 6) is 5.23. The van der Waals surface area contributed by atoms with E-state index in [-0.39, 0.29) is 0 Å². The Labute approximate surface area is 79.7 Å². The molecule has 0 unspecified atom stereocenters. The minimum Gasteiger partial charge on any atom is -0.294 e. The Bertz CT molecular complexity index is 305. The summed E-state index contributed by atoms with van der Waals surface area (Å²) in [7, 11) is 0. The molecule has 1 rings (SSSR count). The van der Waals surface area contributed by atoms with Gasteiger partial charge in [-0.1, -0.05) is 18.2 Å². The summed E-state index contributed by atoms with van der Waals surface area (Å²) in [6, 6.07) is 6.25. The van der Waals surface area contributed by atoms with Crippen LogP contribution in [0, 0.1) is 13.8 Å². The largest absolute Gasteiger partial charge is 0.294 e. The second kappa shape index (κ2) is 3.48. The van der Waals surface area contributed by atoms with Crippen LogP contribution in [0.25, 0.3) is 0 Å². The molecule has 0 saturated carbocycles. The van der Waals surface area contributed by atoms with Crippen LogP contribution in [0.4, 0.5) is 0 Å². The van der Waals surface area contributed by atoms with E-state index in [1.54, 1.807) is 0 Å². The van der Waals surface area contributed by atoms with Crippen LogP contribution in [0.3, 0.4) is 0 Å². The van der Waals surface area contributed by atoms with Crippen molar-refractivity contribution >= 4 is 0 Å². The summed E-state index contributed by atoms with van der Waals surface area (Å²) in [6.45, 7) is 8.09. The van der Waals surface area contributed by atoms with Crippen LogP contribution < -0.4 is 5.90 Å². The molecule has 2 N–H and O–H groups in total. The van der Waals surface area contributed by atoms with Gasteiger partial charge in [0.25, 0.3) is 0 Å². The molecule has 0 heterocycles. The summed E-state index contributed by atoms with van der Waals surface area (Å²) in [5.41, 5.74) is 3.26. The molecule has 13 heavy (non-hydrogen) atoms. The Morgan fingerprint density at radius 2 is 1.77 bits per heavy atom. The highest BCUT2D eigenvalue weighted by Gasteiger charge is 2.20. The molecule has 1 aromatic carbocycles. The van der Waals surface area contributed by atoms with Crippen molar-refractivity contribution in [1.29, 1.82) is 0 Å². The molecule has 0 bridgehead atoms. The van der Waals surface area contributed by atoms with Gasteiger partial charge in [-0.3, -0.25) is 4.84 Å². The summed E-state index contributed by atoms with van der Waals surface area (Å²) >= 11 is 0. The van der Waals surface area contributed by atoms with Gasteiger partial charge in [-0.25, -0.2) is 5.90 Å². The van der Waals surface area contributed by atoms with Crippen molar-refractivity contribution in [2.75, 3.05) is 0 Å². The number of nitrogens with two attached hydrogens (primary N) is 1. The van der Waals surface area contributed by atoms with Crippen LogP contribution in [0.1, 0.15) is 30.5 Å². The monoisotopic (exact) mass is 179 g/mol. The Morgan fingerprint density at radius 1 is 1.15 bits per heavy atom. The second-order valence-corrected chi connectivity index (χ2v) is 3.93. The fourth-order valence-corrected chi connectivity index (χ4v) is 1.18. The molecular weight excluding hydrogens is 162 g/mol. The van der Waals surface area contributed by atoms with E-state index in [1.807, 2.05) is 13.8 Å². The molecule has 0 amide bonds. The van der Waals surface area contributed by atoms with Crippen LogP contribution >= 0.6 is 0 Å². The summed E-state index contributed by atoms with van der Waals surface area (Å²) < 4.78 is 0. The lowest BCUT2D eigenvalue weighted by atomic mass is 9.95. The van der Waals surface area contributed by atoms with Gasteiger partial charge in [0.05, 0.1) is 0 Å². The maximum atomic E-state index is 5.23. The maximum Gasteiger partial charge on any atom is 0.109 e. The van der Waals surface area contributed by atoms with Gasteiger partial charge < -0.3 is 0 Å². The first-order chi connectivity index (χ1) is 5.97. The minimum atomic E-state index is -0.404. The van der Waals surface area contributed by atoms with Crippen LogP contribution in [-0.4, -0.2) is 0 Å². The quantitative estimate of drug-likeness (QED) is 0.708. The van der Waals surface area contributed by atoms with Crippen LogP contribution in [0.2, 0.25) is 0 Å². The van der Waals surface area contributed by atoms with Crippen molar-refractivity contribution < 1.29 is 4.84 Å². The molecule has 72 valence electrons. The lowest BCUT2D eigenvalue weighted by molar-refractivity contribution is -0.0236. The molecule has 0 aliphatic rings. The van der Waals surface area contributed by atoms with Crippen molar-refractivity contribution in [2.45, 2.75) is 33.3 Å². The van der Waals surface area contributed by atoms with E-state index < -0.39 is 5.60 Å². The van der Waals surface area contributed by atoms with Crippen molar-refractivity contribution in [3.63, 3.8) is 0 Å². The number of aryl methyl sites for hydroxylation is 2. The lowest BCUT2D eigenvalue weighted by Gasteiger charge is -2.23. The first-order valence-electron chi connectivity index (χ1n) is 4.43. The normalized spacial score (nSPS) is 11.8. The zero-order valence-electron chi connectivity index (χ0n) is 8.72. The van der Waals surface area contributed by atoms with Gasteiger partial charge in [0.1, 0.15) is 5.60 Å². The van der Waals surface area contributed by atoms with E-state index in [1.165, 1.54) is 11.1 Å². The molecule has 0 aliphatic heterocycles. The van der Waals surface area contributed by atoms with Gasteiger partial charge in [0.15, 0.2) is 0 Å². The molecule has 2 heteroatoms. The smallest absolute Gasteiger partial charge is 0.109 e. The predicted octanol–water partition coefficient (Wildman–Crippen LogP) is 2.43. The standard InChI is InChI=1S/C11H17NO/c1-8-5-6-10(7-9(8)2)11(3,4)13-12/h5-7H,12H2,1-4H3. The van der Waals surface area contributed by atoms with Crippen molar-refractivity contribution in [3.05, 3.63) is 34.9 Å². The van der Waals surface area contributed by atoms with Crippen LogP contribution in [0.5, 0.6) is 0 Å². The third kappa shape index (κ3) is 2.08. The first-order valence-corrected chi connectivity index (χ1v) is 4.43. The molecule has 2 nitrogen and oxygen atoms in total. The number of hydrogen-bond donors (Lipinski definition) is 1. The van der Waals surface area contributed by atoms with E-state index in [0.29, 0.717) is 0 Å². The van der Waals surface area contributed by atoms with E-state index in [0.717, 1.165) is 5.56 Å². The second-order valence-electron chi connectivity index (χ2n) is 3.93. The number of benzene rings is 1. The third-order valence-electron chi connectivity index (χ3n) is 2.50. The highest BCUT2D eigenvalue weighted by molar-refractivity contribution is 5.32.